The molecule has 1 unspecified atom stereocenters. The lowest BCUT2D eigenvalue weighted by Crippen LogP contribution is -2.38. The van der Waals surface area contributed by atoms with Crippen LogP contribution >= 0.6 is 0 Å². The summed E-state index contributed by atoms with van der Waals surface area (Å²) in [7, 11) is 0. The normalized spacial score (nSPS) is 16.0. The van der Waals surface area contributed by atoms with Crippen LogP contribution in [0.25, 0.3) is 0 Å². The summed E-state index contributed by atoms with van der Waals surface area (Å²) in [5.74, 6) is -0.0325. The molecule has 0 spiro atoms. The van der Waals surface area contributed by atoms with Crippen molar-refractivity contribution in [1.29, 1.82) is 5.41 Å². The first-order valence-electron chi connectivity index (χ1n) is 4.02. The van der Waals surface area contributed by atoms with Gasteiger partial charge in [0.15, 0.2) is 0 Å². The minimum absolute atomic E-state index is 0.0325. The second-order valence-electron chi connectivity index (χ2n) is 2.82. The summed E-state index contributed by atoms with van der Waals surface area (Å²) in [6.45, 7) is 6.68. The summed E-state index contributed by atoms with van der Waals surface area (Å²) in [6.07, 6.45) is 0. The molecule has 66 valence electrons. The summed E-state index contributed by atoms with van der Waals surface area (Å²) < 4.78 is 0. The molecular formula is C8H18N2O. The fourth-order valence-corrected chi connectivity index (χ4v) is 1.13. The Kier molecular flexibility index (Phi) is 5.07. The van der Waals surface area contributed by atoms with E-state index in [1.54, 1.807) is 6.92 Å². The van der Waals surface area contributed by atoms with Crippen LogP contribution < -0.4 is 5.32 Å². The molecule has 0 rings (SSSR count). The van der Waals surface area contributed by atoms with Crippen LogP contribution in [0.15, 0.2) is 0 Å². The van der Waals surface area contributed by atoms with Crippen molar-refractivity contribution in [3.05, 3.63) is 0 Å². The van der Waals surface area contributed by atoms with Gasteiger partial charge >= 0.3 is 0 Å². The van der Waals surface area contributed by atoms with E-state index >= 15 is 0 Å². The second kappa shape index (κ2) is 5.27. The highest BCUT2D eigenvalue weighted by atomic mass is 16.3. The van der Waals surface area contributed by atoms with Gasteiger partial charge in [-0.05, 0) is 20.4 Å². The average molecular weight is 158 g/mol. The molecule has 11 heavy (non-hydrogen) atoms. The molecule has 0 heterocycles. The van der Waals surface area contributed by atoms with Gasteiger partial charge in [-0.25, -0.2) is 0 Å². The fourth-order valence-electron chi connectivity index (χ4n) is 1.13. The Morgan fingerprint density at radius 1 is 1.64 bits per heavy atom. The van der Waals surface area contributed by atoms with Crippen molar-refractivity contribution in [3.8, 4) is 0 Å². The largest absolute Gasteiger partial charge is 0.396 e. The first kappa shape index (κ1) is 10.6. The van der Waals surface area contributed by atoms with E-state index in [0.29, 0.717) is 5.71 Å². The highest BCUT2D eigenvalue weighted by Gasteiger charge is 2.16. The van der Waals surface area contributed by atoms with E-state index in [9.17, 15) is 0 Å². The molecule has 0 amide bonds. The lowest BCUT2D eigenvalue weighted by Gasteiger charge is -2.21. The zero-order valence-corrected chi connectivity index (χ0v) is 7.52. The van der Waals surface area contributed by atoms with Gasteiger partial charge in [-0.1, -0.05) is 6.92 Å². The Morgan fingerprint density at radius 2 is 2.18 bits per heavy atom. The van der Waals surface area contributed by atoms with Crippen molar-refractivity contribution in [2.45, 2.75) is 26.8 Å². The topological polar surface area (TPSA) is 56.1 Å². The van der Waals surface area contributed by atoms with Crippen molar-refractivity contribution in [3.63, 3.8) is 0 Å². The maximum absolute atomic E-state index is 8.91. The lowest BCUT2D eigenvalue weighted by molar-refractivity contribution is 0.235. The van der Waals surface area contributed by atoms with Crippen LogP contribution in [0.5, 0.6) is 0 Å². The molecule has 0 fully saturated rings. The lowest BCUT2D eigenvalue weighted by atomic mass is 9.98. The van der Waals surface area contributed by atoms with Gasteiger partial charge in [0.05, 0.1) is 6.61 Å². The first-order chi connectivity index (χ1) is 5.13. The van der Waals surface area contributed by atoms with E-state index < -0.39 is 0 Å². The third-order valence-corrected chi connectivity index (χ3v) is 1.88. The fraction of sp³-hybridized carbons (Fsp3) is 0.875. The van der Waals surface area contributed by atoms with Gasteiger partial charge in [-0.15, -0.1) is 0 Å². The predicted molar refractivity (Wildman–Crippen MR) is 47.1 cm³/mol. The second-order valence-corrected chi connectivity index (χ2v) is 2.82. The van der Waals surface area contributed by atoms with Crippen LogP contribution in [0.4, 0.5) is 0 Å². The number of aliphatic hydroxyl groups is 1. The van der Waals surface area contributed by atoms with E-state index in [1.807, 2.05) is 13.8 Å². The quantitative estimate of drug-likeness (QED) is 0.514. The standard InChI is InChI=1S/C8H18N2O/c1-4-10-7(3)8(5-11)6(2)9/h7-11H,4-5H2,1-3H3/t7?,8-/m1/s1. The van der Waals surface area contributed by atoms with Crippen LogP contribution in [0, 0.1) is 11.3 Å². The van der Waals surface area contributed by atoms with Gasteiger partial charge in [0.2, 0.25) is 0 Å². The summed E-state index contributed by atoms with van der Waals surface area (Å²) in [6, 6.07) is 0.197. The Hall–Kier alpha value is -0.410. The first-order valence-corrected chi connectivity index (χ1v) is 4.02. The van der Waals surface area contributed by atoms with Crippen molar-refractivity contribution in [1.82, 2.24) is 5.32 Å². The van der Waals surface area contributed by atoms with E-state index in [2.05, 4.69) is 5.32 Å². The molecule has 3 nitrogen and oxygen atoms in total. The van der Waals surface area contributed by atoms with Crippen LogP contribution in [0.1, 0.15) is 20.8 Å². The van der Waals surface area contributed by atoms with Crippen molar-refractivity contribution < 1.29 is 5.11 Å². The molecule has 0 aliphatic rings. The Bertz CT molecular complexity index is 125. The molecule has 0 saturated carbocycles. The minimum Gasteiger partial charge on any atom is -0.396 e. The van der Waals surface area contributed by atoms with Crippen molar-refractivity contribution in [2.75, 3.05) is 13.2 Å². The van der Waals surface area contributed by atoms with Gasteiger partial charge in [0.25, 0.3) is 0 Å². The van der Waals surface area contributed by atoms with Crippen molar-refractivity contribution in [2.24, 2.45) is 5.92 Å². The third kappa shape index (κ3) is 3.49. The van der Waals surface area contributed by atoms with E-state index in [4.69, 9.17) is 10.5 Å². The summed E-state index contributed by atoms with van der Waals surface area (Å²) in [5, 5.41) is 19.5. The predicted octanol–water partition coefficient (Wildman–Crippen LogP) is 0.633. The summed E-state index contributed by atoms with van der Waals surface area (Å²) in [5.41, 5.74) is 0.543. The molecule has 0 saturated heterocycles. The van der Waals surface area contributed by atoms with Crippen LogP contribution in [-0.4, -0.2) is 30.0 Å². The highest BCUT2D eigenvalue weighted by Crippen LogP contribution is 2.03. The molecule has 0 radical (unpaired) electrons. The SMILES string of the molecule is CCNC(C)[C@H](CO)C(C)=N. The maximum Gasteiger partial charge on any atom is 0.0526 e. The molecule has 0 aliphatic carbocycles. The molecule has 0 aliphatic heterocycles. The van der Waals surface area contributed by atoms with Crippen LogP contribution in [-0.2, 0) is 0 Å². The molecule has 0 bridgehead atoms. The van der Waals surface area contributed by atoms with Gasteiger partial charge in [-0.2, -0.15) is 0 Å². The molecule has 3 heteroatoms. The number of nitrogens with one attached hydrogen (secondary N) is 2. The van der Waals surface area contributed by atoms with E-state index in [-0.39, 0.29) is 18.6 Å². The Balaban J connectivity index is 3.91. The molecule has 2 atom stereocenters. The minimum atomic E-state index is -0.0325. The van der Waals surface area contributed by atoms with Gasteiger partial charge in [-0.3, -0.25) is 0 Å². The zero-order valence-electron chi connectivity index (χ0n) is 7.52. The number of hydrogen-bond donors (Lipinski definition) is 3. The third-order valence-electron chi connectivity index (χ3n) is 1.88. The molecule has 0 aromatic heterocycles. The molecular weight excluding hydrogens is 140 g/mol. The van der Waals surface area contributed by atoms with E-state index in [1.165, 1.54) is 0 Å². The Labute approximate surface area is 68.3 Å². The smallest absolute Gasteiger partial charge is 0.0526 e. The van der Waals surface area contributed by atoms with Gasteiger partial charge < -0.3 is 15.8 Å². The van der Waals surface area contributed by atoms with E-state index in [0.717, 1.165) is 6.54 Å². The zero-order chi connectivity index (χ0) is 8.85. The molecule has 0 aromatic carbocycles. The van der Waals surface area contributed by atoms with Gasteiger partial charge in [0, 0.05) is 17.7 Å². The van der Waals surface area contributed by atoms with Gasteiger partial charge in [0.1, 0.15) is 0 Å². The van der Waals surface area contributed by atoms with Crippen molar-refractivity contribution >= 4 is 5.71 Å². The number of rotatable bonds is 5. The average Bonchev–Trinajstić information content (AvgIpc) is 1.88. The molecule has 0 aromatic rings. The number of hydrogen-bond acceptors (Lipinski definition) is 3. The molecule has 3 N–H and O–H groups in total. The number of aliphatic hydroxyl groups excluding tert-OH is 1. The highest BCUT2D eigenvalue weighted by molar-refractivity contribution is 5.81. The van der Waals surface area contributed by atoms with Crippen LogP contribution in [0.3, 0.4) is 0 Å². The summed E-state index contributed by atoms with van der Waals surface area (Å²) >= 11 is 0. The maximum atomic E-state index is 8.91. The Morgan fingerprint density at radius 3 is 2.45 bits per heavy atom. The summed E-state index contributed by atoms with van der Waals surface area (Å²) in [4.78, 5) is 0. The monoisotopic (exact) mass is 158 g/mol. The van der Waals surface area contributed by atoms with Crippen LogP contribution in [0.2, 0.25) is 0 Å².